The first-order chi connectivity index (χ1) is 16.4. The van der Waals surface area contributed by atoms with E-state index in [2.05, 4.69) is 24.4 Å². The predicted octanol–water partition coefficient (Wildman–Crippen LogP) is 3.48. The van der Waals surface area contributed by atoms with E-state index in [4.69, 9.17) is 4.74 Å². The van der Waals surface area contributed by atoms with Crippen LogP contribution in [0.2, 0.25) is 0 Å². The number of benzene rings is 2. The van der Waals surface area contributed by atoms with Crippen LogP contribution < -0.4 is 15.0 Å². The first kappa shape index (κ1) is 23.8. The number of hydrogen-bond acceptors (Lipinski definition) is 4. The number of nitrogens with zero attached hydrogens (tertiary/aromatic N) is 2. The van der Waals surface area contributed by atoms with Gasteiger partial charge in [0.05, 0.1) is 6.61 Å². The Labute approximate surface area is 201 Å². The molecule has 7 nitrogen and oxygen atoms in total. The zero-order valence-electron chi connectivity index (χ0n) is 20.0. The summed E-state index contributed by atoms with van der Waals surface area (Å²) in [7, 11) is 0. The van der Waals surface area contributed by atoms with E-state index in [1.54, 1.807) is 12.1 Å². The molecule has 2 aliphatic heterocycles. The second-order valence-corrected chi connectivity index (χ2v) is 9.07. The maximum Gasteiger partial charge on any atom is 0.253 e. The molecule has 1 N–H and O–H groups in total. The van der Waals surface area contributed by atoms with E-state index in [9.17, 15) is 14.4 Å². The molecule has 2 aromatic rings. The fraction of sp³-hybridized carbons (Fsp3) is 0.444. The van der Waals surface area contributed by atoms with Crippen LogP contribution in [0.3, 0.4) is 0 Å². The van der Waals surface area contributed by atoms with Gasteiger partial charge in [0, 0.05) is 50.3 Å². The number of aryl methyl sites for hydroxylation is 1. The molecule has 0 atom stereocenters. The van der Waals surface area contributed by atoms with E-state index in [0.717, 1.165) is 31.4 Å². The van der Waals surface area contributed by atoms with Crippen molar-refractivity contribution in [3.8, 4) is 5.75 Å². The summed E-state index contributed by atoms with van der Waals surface area (Å²) < 4.78 is 5.68. The molecule has 2 heterocycles. The van der Waals surface area contributed by atoms with E-state index in [1.165, 1.54) is 18.1 Å². The highest BCUT2D eigenvalue weighted by Gasteiger charge is 2.34. The lowest BCUT2D eigenvalue weighted by Gasteiger charge is -2.41. The van der Waals surface area contributed by atoms with E-state index in [0.29, 0.717) is 44.0 Å². The average molecular weight is 464 g/mol. The molecule has 1 saturated heterocycles. The summed E-state index contributed by atoms with van der Waals surface area (Å²) in [5, 5.41) is 2.74. The monoisotopic (exact) mass is 463 g/mol. The van der Waals surface area contributed by atoms with E-state index >= 15 is 0 Å². The molecular formula is C27H33N3O4. The Morgan fingerprint density at radius 1 is 1.06 bits per heavy atom. The van der Waals surface area contributed by atoms with Crippen molar-refractivity contribution in [3.05, 3.63) is 59.2 Å². The van der Waals surface area contributed by atoms with Crippen LogP contribution in [-0.4, -0.2) is 54.9 Å². The first-order valence-corrected chi connectivity index (χ1v) is 12.1. The summed E-state index contributed by atoms with van der Waals surface area (Å²) in [6.07, 6.45) is 3.64. The molecule has 0 spiro atoms. The molecule has 0 saturated carbocycles. The average Bonchev–Trinajstić information content (AvgIpc) is 2.84. The van der Waals surface area contributed by atoms with E-state index in [-0.39, 0.29) is 23.8 Å². The van der Waals surface area contributed by atoms with Crippen LogP contribution >= 0.6 is 0 Å². The third-order valence-corrected chi connectivity index (χ3v) is 6.68. The van der Waals surface area contributed by atoms with Gasteiger partial charge in [-0.1, -0.05) is 12.1 Å². The Balaban J connectivity index is 1.31. The van der Waals surface area contributed by atoms with Gasteiger partial charge in [0.25, 0.3) is 5.91 Å². The Kier molecular flexibility index (Phi) is 7.50. The van der Waals surface area contributed by atoms with Crippen molar-refractivity contribution >= 4 is 23.4 Å². The number of likely N-dealkylation sites (tertiary alicyclic amines) is 1. The lowest BCUT2D eigenvalue weighted by Crippen LogP contribution is -2.50. The van der Waals surface area contributed by atoms with Crippen molar-refractivity contribution in [1.29, 1.82) is 0 Å². The van der Waals surface area contributed by atoms with Gasteiger partial charge in [-0.3, -0.25) is 14.4 Å². The normalized spacial score (nSPS) is 16.2. The molecule has 2 aliphatic rings. The predicted molar refractivity (Wildman–Crippen MR) is 131 cm³/mol. The molecule has 0 radical (unpaired) electrons. The van der Waals surface area contributed by atoms with Gasteiger partial charge in [-0.15, -0.1) is 0 Å². The molecule has 1 fully saturated rings. The summed E-state index contributed by atoms with van der Waals surface area (Å²) in [5.41, 5.74) is 4.20. The second-order valence-electron chi connectivity index (χ2n) is 9.07. The van der Waals surface area contributed by atoms with Gasteiger partial charge in [0.15, 0.2) is 0 Å². The van der Waals surface area contributed by atoms with E-state index in [1.807, 2.05) is 28.0 Å². The molecule has 34 heavy (non-hydrogen) atoms. The van der Waals surface area contributed by atoms with Crippen molar-refractivity contribution in [2.45, 2.75) is 52.0 Å². The van der Waals surface area contributed by atoms with Crippen LogP contribution in [-0.2, 0) is 16.0 Å². The molecule has 2 aromatic carbocycles. The Bertz CT molecular complexity index is 1040. The highest BCUT2D eigenvalue weighted by Crippen LogP contribution is 2.34. The van der Waals surface area contributed by atoms with Crippen LogP contribution in [0.1, 0.15) is 54.1 Å². The van der Waals surface area contributed by atoms with Crippen molar-refractivity contribution in [2.24, 2.45) is 0 Å². The van der Waals surface area contributed by atoms with Gasteiger partial charge in [-0.25, -0.2) is 0 Å². The highest BCUT2D eigenvalue weighted by molar-refractivity contribution is 5.97. The lowest BCUT2D eigenvalue weighted by atomic mass is 9.93. The SMILES string of the molecule is CC(=O)NCCCOc1ccc(C(=O)N2CCC(N3C(=O)CCc4c(C)cccc43)CC2)cc1. The summed E-state index contributed by atoms with van der Waals surface area (Å²) in [6.45, 7) is 5.95. The van der Waals surface area contributed by atoms with Crippen molar-refractivity contribution < 1.29 is 19.1 Å². The molecule has 0 bridgehead atoms. The number of carbonyl (C=O) groups is 3. The molecule has 4 rings (SSSR count). The van der Waals surface area contributed by atoms with Crippen LogP contribution in [0.15, 0.2) is 42.5 Å². The molecule has 0 aromatic heterocycles. The van der Waals surface area contributed by atoms with Crippen LogP contribution in [0.5, 0.6) is 5.75 Å². The lowest BCUT2D eigenvalue weighted by molar-refractivity contribution is -0.120. The zero-order chi connectivity index (χ0) is 24.1. The third-order valence-electron chi connectivity index (χ3n) is 6.68. The Morgan fingerprint density at radius 2 is 1.79 bits per heavy atom. The molecule has 180 valence electrons. The van der Waals surface area contributed by atoms with Gasteiger partial charge >= 0.3 is 0 Å². The maximum atomic E-state index is 13.0. The second kappa shape index (κ2) is 10.7. The standard InChI is InChI=1S/C27H33N3O4/c1-19-5-3-6-25-24(19)11-12-26(32)30(25)22-13-16-29(17-14-22)27(33)21-7-9-23(10-8-21)34-18-4-15-28-20(2)31/h3,5-10,22H,4,11-18H2,1-2H3,(H,28,31). The largest absolute Gasteiger partial charge is 0.494 e. The molecule has 0 unspecified atom stereocenters. The minimum absolute atomic E-state index is 0.0110. The number of carbonyl (C=O) groups excluding carboxylic acids is 3. The Morgan fingerprint density at radius 3 is 2.50 bits per heavy atom. The first-order valence-electron chi connectivity index (χ1n) is 12.1. The smallest absolute Gasteiger partial charge is 0.253 e. The van der Waals surface area contributed by atoms with Gasteiger partial charge in [0.2, 0.25) is 11.8 Å². The minimum atomic E-state index is -0.0469. The number of piperidine rings is 1. The van der Waals surface area contributed by atoms with Crippen LogP contribution in [0.25, 0.3) is 0 Å². The molecular weight excluding hydrogens is 430 g/mol. The van der Waals surface area contributed by atoms with Crippen molar-refractivity contribution in [1.82, 2.24) is 10.2 Å². The fourth-order valence-corrected chi connectivity index (χ4v) is 4.85. The van der Waals surface area contributed by atoms with E-state index < -0.39 is 0 Å². The highest BCUT2D eigenvalue weighted by atomic mass is 16.5. The van der Waals surface area contributed by atoms with Gasteiger partial charge in [-0.2, -0.15) is 0 Å². The summed E-state index contributed by atoms with van der Waals surface area (Å²) in [6, 6.07) is 13.5. The molecule has 7 heteroatoms. The summed E-state index contributed by atoms with van der Waals surface area (Å²) in [5.74, 6) is 0.859. The number of anilines is 1. The molecule has 0 aliphatic carbocycles. The van der Waals surface area contributed by atoms with Crippen molar-refractivity contribution in [2.75, 3.05) is 31.1 Å². The van der Waals surface area contributed by atoms with Gasteiger partial charge in [0.1, 0.15) is 5.75 Å². The number of fused-ring (bicyclic) bond motifs is 1. The number of ether oxygens (including phenoxy) is 1. The minimum Gasteiger partial charge on any atom is -0.494 e. The Hall–Kier alpha value is -3.35. The van der Waals surface area contributed by atoms with Crippen molar-refractivity contribution in [3.63, 3.8) is 0 Å². The summed E-state index contributed by atoms with van der Waals surface area (Å²) >= 11 is 0. The topological polar surface area (TPSA) is 79.0 Å². The fourth-order valence-electron chi connectivity index (χ4n) is 4.85. The number of rotatable bonds is 7. The summed E-state index contributed by atoms with van der Waals surface area (Å²) in [4.78, 5) is 40.6. The molecule has 3 amide bonds. The van der Waals surface area contributed by atoms with Gasteiger partial charge < -0.3 is 19.9 Å². The van der Waals surface area contributed by atoms with Crippen LogP contribution in [0.4, 0.5) is 5.69 Å². The number of amides is 3. The van der Waals surface area contributed by atoms with Crippen LogP contribution in [0, 0.1) is 6.92 Å². The quantitative estimate of drug-likeness (QED) is 0.638. The zero-order valence-corrected chi connectivity index (χ0v) is 20.0. The number of hydrogen-bond donors (Lipinski definition) is 1. The van der Waals surface area contributed by atoms with Gasteiger partial charge in [-0.05, 0) is 74.1 Å². The maximum absolute atomic E-state index is 13.0. The number of nitrogens with one attached hydrogen (secondary N) is 1. The third kappa shape index (κ3) is 5.41.